The molecule has 0 fully saturated rings. The zero-order chi connectivity index (χ0) is 15.1. The summed E-state index contributed by atoms with van der Waals surface area (Å²) in [7, 11) is 1.89. The lowest BCUT2D eigenvalue weighted by molar-refractivity contribution is 0.288. The summed E-state index contributed by atoms with van der Waals surface area (Å²) in [5.74, 6) is 0.698. The maximum atomic E-state index is 13.8. The summed E-state index contributed by atoms with van der Waals surface area (Å²) < 4.78 is 20.4. The van der Waals surface area contributed by atoms with Crippen LogP contribution in [0.3, 0.4) is 0 Å². The first-order chi connectivity index (χ1) is 10.2. The van der Waals surface area contributed by atoms with Crippen molar-refractivity contribution in [2.45, 2.75) is 18.9 Å². The molecular formula is C17H19BrFNO. The number of para-hydroxylation sites is 1. The van der Waals surface area contributed by atoms with Gasteiger partial charge in [0.25, 0.3) is 0 Å². The monoisotopic (exact) mass is 351 g/mol. The van der Waals surface area contributed by atoms with E-state index in [1.54, 1.807) is 6.07 Å². The van der Waals surface area contributed by atoms with Crippen LogP contribution < -0.4 is 10.1 Å². The molecule has 1 atom stereocenters. The normalized spacial score (nSPS) is 12.1. The van der Waals surface area contributed by atoms with Gasteiger partial charge in [0.15, 0.2) is 0 Å². The minimum Gasteiger partial charge on any atom is -0.494 e. The number of hydrogen-bond donors (Lipinski definition) is 1. The molecule has 1 N–H and O–H groups in total. The second-order valence-corrected chi connectivity index (χ2v) is 5.79. The Morgan fingerprint density at radius 2 is 1.95 bits per heavy atom. The van der Waals surface area contributed by atoms with E-state index in [1.807, 2.05) is 43.4 Å². The van der Waals surface area contributed by atoms with Crippen molar-refractivity contribution in [2.24, 2.45) is 0 Å². The molecule has 2 rings (SSSR count). The average Bonchev–Trinajstić information content (AvgIpc) is 2.51. The van der Waals surface area contributed by atoms with Gasteiger partial charge in [0.05, 0.1) is 6.61 Å². The summed E-state index contributed by atoms with van der Waals surface area (Å²) in [6, 6.07) is 14.9. The molecule has 112 valence electrons. The minimum atomic E-state index is -0.164. The number of rotatable bonds is 7. The van der Waals surface area contributed by atoms with E-state index in [9.17, 15) is 4.39 Å². The standard InChI is InChI=1S/C17H19BrFNO/c1-20-15(9-10-21-16-5-3-2-4-6-16)12-13-11-14(18)7-8-17(13)19/h2-8,11,15,20H,9-10,12H2,1H3. The lowest BCUT2D eigenvalue weighted by Gasteiger charge is -2.17. The van der Waals surface area contributed by atoms with Crippen LogP contribution in [-0.4, -0.2) is 19.7 Å². The second-order valence-electron chi connectivity index (χ2n) is 4.88. The van der Waals surface area contributed by atoms with Gasteiger partial charge in [0.1, 0.15) is 11.6 Å². The quantitative estimate of drug-likeness (QED) is 0.807. The molecule has 0 saturated heterocycles. The van der Waals surface area contributed by atoms with Crippen LogP contribution in [0.2, 0.25) is 0 Å². The molecule has 4 heteroatoms. The Labute approximate surface area is 133 Å². The number of hydrogen-bond acceptors (Lipinski definition) is 2. The molecule has 0 amide bonds. The van der Waals surface area contributed by atoms with Crippen molar-refractivity contribution in [1.29, 1.82) is 0 Å². The van der Waals surface area contributed by atoms with E-state index >= 15 is 0 Å². The fraction of sp³-hybridized carbons (Fsp3) is 0.294. The summed E-state index contributed by atoms with van der Waals surface area (Å²) in [5, 5.41) is 3.22. The summed E-state index contributed by atoms with van der Waals surface area (Å²) in [4.78, 5) is 0. The van der Waals surface area contributed by atoms with Gasteiger partial charge in [0, 0.05) is 10.5 Å². The molecule has 21 heavy (non-hydrogen) atoms. The predicted molar refractivity (Wildman–Crippen MR) is 87.2 cm³/mol. The molecule has 1 unspecified atom stereocenters. The van der Waals surface area contributed by atoms with Crippen LogP contribution >= 0.6 is 15.9 Å². The van der Waals surface area contributed by atoms with E-state index < -0.39 is 0 Å². The van der Waals surface area contributed by atoms with Crippen LogP contribution in [0.4, 0.5) is 4.39 Å². The van der Waals surface area contributed by atoms with Crippen molar-refractivity contribution < 1.29 is 9.13 Å². The third-order valence-corrected chi connectivity index (χ3v) is 3.85. The maximum Gasteiger partial charge on any atom is 0.126 e. The fourth-order valence-corrected chi connectivity index (χ4v) is 2.56. The van der Waals surface area contributed by atoms with Gasteiger partial charge in [-0.15, -0.1) is 0 Å². The Kier molecular flexibility index (Phi) is 6.21. The Hall–Kier alpha value is -1.39. The maximum absolute atomic E-state index is 13.8. The van der Waals surface area contributed by atoms with Gasteiger partial charge in [-0.05, 0) is 55.8 Å². The van der Waals surface area contributed by atoms with E-state index in [4.69, 9.17) is 4.74 Å². The second kappa shape index (κ2) is 8.15. The first-order valence-electron chi connectivity index (χ1n) is 6.98. The lowest BCUT2D eigenvalue weighted by atomic mass is 10.0. The number of ether oxygens (including phenoxy) is 1. The highest BCUT2D eigenvalue weighted by atomic mass is 79.9. The molecule has 2 aromatic rings. The van der Waals surface area contributed by atoms with E-state index in [-0.39, 0.29) is 11.9 Å². The lowest BCUT2D eigenvalue weighted by Crippen LogP contribution is -2.29. The van der Waals surface area contributed by atoms with Crippen molar-refractivity contribution in [3.8, 4) is 5.75 Å². The molecule has 2 aromatic carbocycles. The van der Waals surface area contributed by atoms with Crippen molar-refractivity contribution >= 4 is 15.9 Å². The van der Waals surface area contributed by atoms with Crippen LogP contribution in [0.25, 0.3) is 0 Å². The van der Waals surface area contributed by atoms with Crippen LogP contribution in [0, 0.1) is 5.82 Å². The molecular weight excluding hydrogens is 333 g/mol. The molecule has 0 radical (unpaired) electrons. The number of benzene rings is 2. The number of likely N-dealkylation sites (N-methyl/N-ethyl adjacent to an activating group) is 1. The number of nitrogens with one attached hydrogen (secondary N) is 1. The first-order valence-corrected chi connectivity index (χ1v) is 7.77. The van der Waals surface area contributed by atoms with Gasteiger partial charge >= 0.3 is 0 Å². The van der Waals surface area contributed by atoms with Gasteiger partial charge in [-0.25, -0.2) is 4.39 Å². The van der Waals surface area contributed by atoms with E-state index in [2.05, 4.69) is 21.2 Å². The van der Waals surface area contributed by atoms with Gasteiger partial charge in [-0.2, -0.15) is 0 Å². The van der Waals surface area contributed by atoms with Gasteiger partial charge in [-0.1, -0.05) is 34.1 Å². The Balaban J connectivity index is 1.87. The topological polar surface area (TPSA) is 21.3 Å². The summed E-state index contributed by atoms with van der Waals surface area (Å²) in [6.45, 7) is 0.602. The predicted octanol–water partition coefficient (Wildman–Crippen LogP) is 4.19. The molecule has 0 spiro atoms. The zero-order valence-electron chi connectivity index (χ0n) is 12.0. The van der Waals surface area contributed by atoms with E-state index in [0.717, 1.165) is 16.6 Å². The molecule has 0 aliphatic rings. The molecule has 2 nitrogen and oxygen atoms in total. The fourth-order valence-electron chi connectivity index (χ4n) is 2.15. The van der Waals surface area contributed by atoms with E-state index in [1.165, 1.54) is 6.07 Å². The van der Waals surface area contributed by atoms with Crippen LogP contribution in [0.1, 0.15) is 12.0 Å². The molecule has 0 aliphatic carbocycles. The van der Waals surface area contributed by atoms with Crippen molar-refractivity contribution in [3.63, 3.8) is 0 Å². The first kappa shape index (κ1) is 16.0. The minimum absolute atomic E-state index is 0.164. The van der Waals surface area contributed by atoms with Gasteiger partial charge in [-0.3, -0.25) is 0 Å². The SMILES string of the molecule is CNC(CCOc1ccccc1)Cc1cc(Br)ccc1F. The Morgan fingerprint density at radius 1 is 1.19 bits per heavy atom. The third-order valence-electron chi connectivity index (χ3n) is 3.36. The smallest absolute Gasteiger partial charge is 0.126 e. The average molecular weight is 352 g/mol. The highest BCUT2D eigenvalue weighted by molar-refractivity contribution is 9.10. The molecule has 0 aromatic heterocycles. The highest BCUT2D eigenvalue weighted by Gasteiger charge is 2.11. The Bertz CT molecular complexity index is 562. The summed E-state index contributed by atoms with van der Waals surface area (Å²) >= 11 is 3.38. The van der Waals surface area contributed by atoms with Crippen LogP contribution in [-0.2, 0) is 6.42 Å². The molecule has 0 aliphatic heterocycles. The third kappa shape index (κ3) is 5.14. The van der Waals surface area contributed by atoms with E-state index in [0.29, 0.717) is 18.6 Å². The van der Waals surface area contributed by atoms with Gasteiger partial charge < -0.3 is 10.1 Å². The summed E-state index contributed by atoms with van der Waals surface area (Å²) in [5.41, 5.74) is 0.712. The molecule has 0 bridgehead atoms. The van der Waals surface area contributed by atoms with Crippen LogP contribution in [0.15, 0.2) is 53.0 Å². The molecule has 0 saturated carbocycles. The number of halogens is 2. The Morgan fingerprint density at radius 3 is 2.67 bits per heavy atom. The zero-order valence-corrected chi connectivity index (χ0v) is 13.6. The van der Waals surface area contributed by atoms with Crippen molar-refractivity contribution in [2.75, 3.05) is 13.7 Å². The highest BCUT2D eigenvalue weighted by Crippen LogP contribution is 2.18. The van der Waals surface area contributed by atoms with Crippen molar-refractivity contribution in [1.82, 2.24) is 5.32 Å². The summed E-state index contributed by atoms with van der Waals surface area (Å²) in [6.07, 6.45) is 1.46. The van der Waals surface area contributed by atoms with Crippen molar-refractivity contribution in [3.05, 3.63) is 64.4 Å². The van der Waals surface area contributed by atoms with Gasteiger partial charge in [0.2, 0.25) is 0 Å². The van der Waals surface area contributed by atoms with Crippen LogP contribution in [0.5, 0.6) is 5.75 Å². The largest absolute Gasteiger partial charge is 0.494 e. The molecule has 0 heterocycles.